The molecule has 3 aromatic rings. The number of hydrogen-bond donors (Lipinski definition) is 2. The van der Waals surface area contributed by atoms with Crippen LogP contribution in [0.2, 0.25) is 0 Å². The minimum Gasteiger partial charge on any atom is -0.446 e. The molecule has 10 heteroatoms. The molecule has 0 saturated heterocycles. The molecule has 0 aliphatic heterocycles. The van der Waals surface area contributed by atoms with Gasteiger partial charge in [0.25, 0.3) is 11.8 Å². The van der Waals surface area contributed by atoms with E-state index in [0.29, 0.717) is 10.6 Å². The van der Waals surface area contributed by atoms with Crippen molar-refractivity contribution in [1.29, 1.82) is 0 Å². The number of nitrogens with one attached hydrogen (secondary N) is 2. The summed E-state index contributed by atoms with van der Waals surface area (Å²) in [6.45, 7) is 0. The number of alkyl carbamates (subject to hydrolysis) is 1. The monoisotopic (exact) mass is 385 g/mol. The number of rotatable bonds is 4. The van der Waals surface area contributed by atoms with Gasteiger partial charge in [0, 0.05) is 18.5 Å². The maximum absolute atomic E-state index is 12.5. The summed E-state index contributed by atoms with van der Waals surface area (Å²) >= 11 is 1.18. The topological polar surface area (TPSA) is 115 Å². The quantitative estimate of drug-likeness (QED) is 0.713. The number of amides is 3. The Balaban J connectivity index is 1.43. The van der Waals surface area contributed by atoms with Crippen LogP contribution >= 0.6 is 11.3 Å². The fourth-order valence-corrected chi connectivity index (χ4v) is 3.30. The fraction of sp³-hybridized carbons (Fsp3) is 0.235. The summed E-state index contributed by atoms with van der Waals surface area (Å²) in [4.78, 5) is 40.6. The van der Waals surface area contributed by atoms with Crippen molar-refractivity contribution in [2.24, 2.45) is 0 Å². The van der Waals surface area contributed by atoms with Gasteiger partial charge in [-0.05, 0) is 30.7 Å². The SMILES string of the molecule is O=C(NC(=O)c1ccsc1NC(=O)c1cnc2ccnn2c1)OC1CCC1. The maximum Gasteiger partial charge on any atom is 0.414 e. The van der Waals surface area contributed by atoms with Crippen LogP contribution in [0, 0.1) is 0 Å². The molecule has 9 nitrogen and oxygen atoms in total. The van der Waals surface area contributed by atoms with Gasteiger partial charge in [-0.25, -0.2) is 14.3 Å². The molecule has 2 N–H and O–H groups in total. The number of ether oxygens (including phenoxy) is 1. The minimum atomic E-state index is -0.776. The van der Waals surface area contributed by atoms with Gasteiger partial charge >= 0.3 is 6.09 Å². The van der Waals surface area contributed by atoms with Gasteiger partial charge in [0.2, 0.25) is 0 Å². The highest BCUT2D eigenvalue weighted by Crippen LogP contribution is 2.25. The van der Waals surface area contributed by atoms with E-state index in [0.717, 1.165) is 19.3 Å². The Bertz CT molecular complexity index is 1020. The van der Waals surface area contributed by atoms with Crippen molar-refractivity contribution in [1.82, 2.24) is 19.9 Å². The number of anilines is 1. The van der Waals surface area contributed by atoms with Crippen LogP contribution in [-0.4, -0.2) is 38.6 Å². The Labute approximate surface area is 157 Å². The molecule has 3 heterocycles. The highest BCUT2D eigenvalue weighted by atomic mass is 32.1. The van der Waals surface area contributed by atoms with Gasteiger partial charge in [0.1, 0.15) is 11.1 Å². The minimum absolute atomic E-state index is 0.121. The normalized spacial score (nSPS) is 13.8. The molecule has 0 radical (unpaired) electrons. The van der Waals surface area contributed by atoms with Gasteiger partial charge in [0.15, 0.2) is 5.65 Å². The summed E-state index contributed by atoms with van der Waals surface area (Å²) in [6, 6.07) is 3.24. The first-order chi connectivity index (χ1) is 13.1. The molecule has 27 heavy (non-hydrogen) atoms. The van der Waals surface area contributed by atoms with Gasteiger partial charge in [-0.3, -0.25) is 14.9 Å². The first kappa shape index (κ1) is 17.2. The van der Waals surface area contributed by atoms with Crippen LogP contribution in [0.5, 0.6) is 0 Å². The Hall–Kier alpha value is -3.27. The van der Waals surface area contributed by atoms with Gasteiger partial charge in [0.05, 0.1) is 17.3 Å². The zero-order valence-electron chi connectivity index (χ0n) is 14.0. The van der Waals surface area contributed by atoms with Crippen molar-refractivity contribution in [2.45, 2.75) is 25.4 Å². The molecule has 138 valence electrons. The van der Waals surface area contributed by atoms with E-state index >= 15 is 0 Å². The van der Waals surface area contributed by atoms with Crippen molar-refractivity contribution >= 4 is 39.9 Å². The Kier molecular flexibility index (Phi) is 4.55. The Morgan fingerprint density at radius 3 is 2.85 bits per heavy atom. The van der Waals surface area contributed by atoms with Crippen LogP contribution in [0.1, 0.15) is 40.0 Å². The molecular weight excluding hydrogens is 370 g/mol. The molecule has 0 atom stereocenters. The number of nitrogens with zero attached hydrogens (tertiary/aromatic N) is 3. The second-order valence-corrected chi connectivity index (χ2v) is 6.92. The van der Waals surface area contributed by atoms with E-state index in [4.69, 9.17) is 4.74 Å². The average molecular weight is 385 g/mol. The summed E-state index contributed by atoms with van der Waals surface area (Å²) in [6.07, 6.45) is 6.30. The second kappa shape index (κ2) is 7.16. The highest BCUT2D eigenvalue weighted by Gasteiger charge is 2.24. The molecule has 0 spiro atoms. The van der Waals surface area contributed by atoms with Crippen molar-refractivity contribution < 1.29 is 19.1 Å². The van der Waals surface area contributed by atoms with E-state index in [1.54, 1.807) is 23.8 Å². The summed E-state index contributed by atoms with van der Waals surface area (Å²) in [5, 5.41) is 10.9. The first-order valence-corrected chi connectivity index (χ1v) is 9.18. The number of thiophene rings is 1. The van der Waals surface area contributed by atoms with Gasteiger partial charge in [-0.1, -0.05) is 0 Å². The number of fused-ring (bicyclic) bond motifs is 1. The van der Waals surface area contributed by atoms with E-state index in [1.165, 1.54) is 28.1 Å². The molecule has 1 aliphatic carbocycles. The van der Waals surface area contributed by atoms with E-state index in [2.05, 4.69) is 20.7 Å². The molecule has 1 saturated carbocycles. The fourth-order valence-electron chi connectivity index (χ4n) is 2.52. The van der Waals surface area contributed by atoms with Crippen LogP contribution in [0.25, 0.3) is 5.65 Å². The molecule has 3 amide bonds. The van der Waals surface area contributed by atoms with E-state index < -0.39 is 17.9 Å². The van der Waals surface area contributed by atoms with Crippen LogP contribution in [0.15, 0.2) is 36.1 Å². The largest absolute Gasteiger partial charge is 0.446 e. The molecule has 0 unspecified atom stereocenters. The van der Waals surface area contributed by atoms with Crippen LogP contribution < -0.4 is 10.6 Å². The zero-order chi connectivity index (χ0) is 18.8. The lowest BCUT2D eigenvalue weighted by atomic mass is 9.96. The number of aromatic nitrogens is 3. The molecule has 0 aromatic carbocycles. The lowest BCUT2D eigenvalue weighted by Gasteiger charge is -2.24. The molecule has 1 aliphatic rings. The van der Waals surface area contributed by atoms with Gasteiger partial charge < -0.3 is 10.1 Å². The Morgan fingerprint density at radius 1 is 1.22 bits per heavy atom. The zero-order valence-corrected chi connectivity index (χ0v) is 14.9. The molecule has 1 fully saturated rings. The summed E-state index contributed by atoms with van der Waals surface area (Å²) in [5.41, 5.74) is 1.09. The second-order valence-electron chi connectivity index (χ2n) is 6.01. The smallest absolute Gasteiger partial charge is 0.414 e. The molecule has 4 rings (SSSR count). The first-order valence-electron chi connectivity index (χ1n) is 8.30. The van der Waals surface area contributed by atoms with Crippen LogP contribution in [0.3, 0.4) is 0 Å². The van der Waals surface area contributed by atoms with Crippen LogP contribution in [0.4, 0.5) is 9.80 Å². The predicted octanol–water partition coefficient (Wildman–Crippen LogP) is 2.46. The van der Waals surface area contributed by atoms with Crippen LogP contribution in [-0.2, 0) is 4.74 Å². The highest BCUT2D eigenvalue weighted by molar-refractivity contribution is 7.14. The number of carbonyl (C=O) groups excluding carboxylic acids is 3. The van der Waals surface area contributed by atoms with Crippen molar-refractivity contribution in [3.8, 4) is 0 Å². The standard InChI is InChI=1S/C17H15N5O4S/c23-14(10-8-18-13-4-6-19-22(13)9-10)20-16-12(5-7-27-16)15(24)21-17(25)26-11-2-1-3-11/h4-9,11H,1-3H2,(H,20,23)(H,21,24,25). The van der Waals surface area contributed by atoms with Crippen molar-refractivity contribution in [3.63, 3.8) is 0 Å². The number of hydrogen-bond acceptors (Lipinski definition) is 7. The third-order valence-corrected chi connectivity index (χ3v) is 5.02. The van der Waals surface area contributed by atoms with Crippen molar-refractivity contribution in [2.75, 3.05) is 5.32 Å². The van der Waals surface area contributed by atoms with Gasteiger partial charge in [-0.15, -0.1) is 11.3 Å². The third kappa shape index (κ3) is 3.65. The molecule has 3 aromatic heterocycles. The average Bonchev–Trinajstić information content (AvgIpc) is 3.26. The molecular formula is C17H15N5O4S. The van der Waals surface area contributed by atoms with Crippen molar-refractivity contribution in [3.05, 3.63) is 47.2 Å². The summed E-state index contributed by atoms with van der Waals surface area (Å²) in [7, 11) is 0. The maximum atomic E-state index is 12.5. The van der Waals surface area contributed by atoms with E-state index in [9.17, 15) is 14.4 Å². The Morgan fingerprint density at radius 2 is 2.07 bits per heavy atom. The summed E-state index contributed by atoms with van der Waals surface area (Å²) < 4.78 is 6.59. The third-order valence-electron chi connectivity index (χ3n) is 4.19. The van der Waals surface area contributed by atoms with E-state index in [-0.39, 0.29) is 17.2 Å². The lowest BCUT2D eigenvalue weighted by Crippen LogP contribution is -2.36. The molecule has 0 bridgehead atoms. The van der Waals surface area contributed by atoms with Gasteiger partial charge in [-0.2, -0.15) is 5.10 Å². The number of imide groups is 1. The predicted molar refractivity (Wildman–Crippen MR) is 96.8 cm³/mol. The number of carbonyl (C=O) groups is 3. The summed E-state index contributed by atoms with van der Waals surface area (Å²) in [5.74, 6) is -1.06. The lowest BCUT2D eigenvalue weighted by molar-refractivity contribution is 0.0507. The van der Waals surface area contributed by atoms with E-state index in [1.807, 2.05) is 0 Å².